The van der Waals surface area contributed by atoms with Crippen LogP contribution < -0.4 is 5.32 Å². The van der Waals surface area contributed by atoms with E-state index in [0.29, 0.717) is 12.5 Å². The molecule has 1 N–H and O–H groups in total. The summed E-state index contributed by atoms with van der Waals surface area (Å²) in [5, 5.41) is 2.94. The Labute approximate surface area is 121 Å². The fourth-order valence-corrected chi connectivity index (χ4v) is 2.56. The van der Waals surface area contributed by atoms with Gasteiger partial charge in [0.2, 0.25) is 0 Å². The zero-order valence-corrected chi connectivity index (χ0v) is 11.5. The van der Waals surface area contributed by atoms with E-state index in [-0.39, 0.29) is 5.69 Å². The Morgan fingerprint density at radius 3 is 2.33 bits per heavy atom. The van der Waals surface area contributed by atoms with Crippen molar-refractivity contribution in [1.82, 2.24) is 0 Å². The van der Waals surface area contributed by atoms with Gasteiger partial charge in [-0.05, 0) is 42.0 Å². The summed E-state index contributed by atoms with van der Waals surface area (Å²) in [5.41, 5.74) is 1.86. The fraction of sp³-hybridized carbons (Fsp3) is 0.294. The van der Waals surface area contributed by atoms with Gasteiger partial charge < -0.3 is 5.32 Å². The van der Waals surface area contributed by atoms with Gasteiger partial charge in [-0.25, -0.2) is 0 Å². The van der Waals surface area contributed by atoms with Crippen LogP contribution in [0, 0.1) is 0 Å². The maximum Gasteiger partial charge on any atom is 0.418 e. The maximum absolute atomic E-state index is 13.0. The number of nitrogens with one attached hydrogen (secondary N) is 1. The molecule has 21 heavy (non-hydrogen) atoms. The van der Waals surface area contributed by atoms with E-state index in [1.807, 2.05) is 18.2 Å². The SMILES string of the molecule is FC(F)(F)c1ccccc1NCc1ccccc1C1CC1. The summed E-state index contributed by atoms with van der Waals surface area (Å²) in [4.78, 5) is 0. The lowest BCUT2D eigenvalue weighted by Gasteiger charge is -2.15. The molecule has 1 saturated carbocycles. The van der Waals surface area contributed by atoms with Crippen molar-refractivity contribution in [2.45, 2.75) is 31.5 Å². The molecular formula is C17H16F3N. The number of hydrogen-bond acceptors (Lipinski definition) is 1. The van der Waals surface area contributed by atoms with Gasteiger partial charge >= 0.3 is 6.18 Å². The summed E-state index contributed by atoms with van der Waals surface area (Å²) in [6, 6.07) is 13.6. The third-order valence-electron chi connectivity index (χ3n) is 3.77. The van der Waals surface area contributed by atoms with Gasteiger partial charge in [0.25, 0.3) is 0 Å². The van der Waals surface area contributed by atoms with Crippen LogP contribution in [0.3, 0.4) is 0 Å². The van der Waals surface area contributed by atoms with Crippen LogP contribution in [0.25, 0.3) is 0 Å². The van der Waals surface area contributed by atoms with Gasteiger partial charge in [0, 0.05) is 12.2 Å². The highest BCUT2D eigenvalue weighted by atomic mass is 19.4. The number of benzene rings is 2. The minimum Gasteiger partial charge on any atom is -0.380 e. The van der Waals surface area contributed by atoms with E-state index in [1.165, 1.54) is 30.5 Å². The molecule has 1 nitrogen and oxygen atoms in total. The third-order valence-corrected chi connectivity index (χ3v) is 3.77. The molecule has 1 aliphatic rings. The molecule has 0 spiro atoms. The molecule has 0 aromatic heterocycles. The monoisotopic (exact) mass is 291 g/mol. The average molecular weight is 291 g/mol. The van der Waals surface area contributed by atoms with E-state index >= 15 is 0 Å². The fourth-order valence-electron chi connectivity index (χ4n) is 2.56. The van der Waals surface area contributed by atoms with Crippen molar-refractivity contribution in [2.75, 3.05) is 5.32 Å². The first-order valence-electron chi connectivity index (χ1n) is 7.03. The van der Waals surface area contributed by atoms with Gasteiger partial charge in [-0.3, -0.25) is 0 Å². The molecule has 4 heteroatoms. The third kappa shape index (κ3) is 3.20. The Hall–Kier alpha value is -1.97. The molecule has 3 rings (SSSR count). The number of halogens is 3. The van der Waals surface area contributed by atoms with Crippen LogP contribution in [-0.4, -0.2) is 0 Å². The molecule has 0 heterocycles. The van der Waals surface area contributed by atoms with E-state index in [9.17, 15) is 13.2 Å². The molecule has 2 aromatic carbocycles. The summed E-state index contributed by atoms with van der Waals surface area (Å²) in [7, 11) is 0. The van der Waals surface area contributed by atoms with Gasteiger partial charge in [0.05, 0.1) is 5.56 Å². The number of hydrogen-bond donors (Lipinski definition) is 1. The molecule has 0 saturated heterocycles. The van der Waals surface area contributed by atoms with E-state index in [1.54, 1.807) is 6.07 Å². The highest BCUT2D eigenvalue weighted by Gasteiger charge is 2.33. The normalized spacial score (nSPS) is 15.0. The first-order valence-corrected chi connectivity index (χ1v) is 7.03. The first-order chi connectivity index (χ1) is 10.1. The van der Waals surface area contributed by atoms with Gasteiger partial charge in [-0.2, -0.15) is 13.2 Å². The van der Waals surface area contributed by atoms with Gasteiger partial charge in [-0.1, -0.05) is 36.4 Å². The molecule has 0 atom stereocenters. The molecular weight excluding hydrogens is 275 g/mol. The van der Waals surface area contributed by atoms with Crippen LogP contribution >= 0.6 is 0 Å². The summed E-state index contributed by atoms with van der Waals surface area (Å²) in [5.74, 6) is 0.584. The summed E-state index contributed by atoms with van der Waals surface area (Å²) < 4.78 is 38.9. The maximum atomic E-state index is 13.0. The Bertz CT molecular complexity index is 630. The second-order valence-corrected chi connectivity index (χ2v) is 5.37. The molecule has 0 radical (unpaired) electrons. The van der Waals surface area contributed by atoms with Crippen LogP contribution in [-0.2, 0) is 12.7 Å². The molecule has 2 aromatic rings. The Morgan fingerprint density at radius 1 is 0.952 bits per heavy atom. The highest BCUT2D eigenvalue weighted by Crippen LogP contribution is 2.42. The summed E-state index contributed by atoms with van der Waals surface area (Å²) in [6.07, 6.45) is -1.98. The number of anilines is 1. The Balaban J connectivity index is 1.80. The lowest BCUT2D eigenvalue weighted by Crippen LogP contribution is -2.11. The van der Waals surface area contributed by atoms with Crippen molar-refractivity contribution in [3.8, 4) is 0 Å². The van der Waals surface area contributed by atoms with E-state index < -0.39 is 11.7 Å². The molecule has 0 unspecified atom stereocenters. The van der Waals surface area contributed by atoms with Crippen LogP contribution in [0.5, 0.6) is 0 Å². The Morgan fingerprint density at radius 2 is 1.62 bits per heavy atom. The van der Waals surface area contributed by atoms with E-state index in [2.05, 4.69) is 11.4 Å². The van der Waals surface area contributed by atoms with Gasteiger partial charge in [0.1, 0.15) is 0 Å². The minimum absolute atomic E-state index is 0.135. The van der Waals surface area contributed by atoms with Crippen molar-refractivity contribution < 1.29 is 13.2 Å². The van der Waals surface area contributed by atoms with Crippen molar-refractivity contribution in [3.05, 3.63) is 65.2 Å². The van der Waals surface area contributed by atoms with Gasteiger partial charge in [-0.15, -0.1) is 0 Å². The predicted octanol–water partition coefficient (Wildman–Crippen LogP) is 5.19. The van der Waals surface area contributed by atoms with E-state index in [4.69, 9.17) is 0 Å². The average Bonchev–Trinajstić information content (AvgIpc) is 3.29. The molecule has 0 aliphatic heterocycles. The molecule has 110 valence electrons. The van der Waals surface area contributed by atoms with Crippen molar-refractivity contribution in [3.63, 3.8) is 0 Å². The molecule has 0 bridgehead atoms. The van der Waals surface area contributed by atoms with Crippen molar-refractivity contribution in [2.24, 2.45) is 0 Å². The zero-order chi connectivity index (χ0) is 14.9. The summed E-state index contributed by atoms with van der Waals surface area (Å²) in [6.45, 7) is 0.416. The quantitative estimate of drug-likeness (QED) is 0.817. The second kappa shape index (κ2) is 5.43. The zero-order valence-electron chi connectivity index (χ0n) is 11.5. The van der Waals surface area contributed by atoms with Crippen LogP contribution in [0.4, 0.5) is 18.9 Å². The number of rotatable bonds is 4. The standard InChI is InChI=1S/C17H16F3N/c18-17(19,20)15-7-3-4-8-16(15)21-11-13-5-1-2-6-14(13)12-9-10-12/h1-8,12,21H,9-11H2. The van der Waals surface area contributed by atoms with E-state index in [0.717, 1.165) is 11.6 Å². The first kappa shape index (κ1) is 14.0. The molecule has 0 amide bonds. The van der Waals surface area contributed by atoms with Crippen LogP contribution in [0.15, 0.2) is 48.5 Å². The van der Waals surface area contributed by atoms with Crippen LogP contribution in [0.2, 0.25) is 0 Å². The molecule has 1 aliphatic carbocycles. The number of para-hydroxylation sites is 1. The smallest absolute Gasteiger partial charge is 0.380 e. The lowest BCUT2D eigenvalue weighted by atomic mass is 10.0. The largest absolute Gasteiger partial charge is 0.418 e. The Kier molecular flexibility index (Phi) is 3.62. The lowest BCUT2D eigenvalue weighted by molar-refractivity contribution is -0.136. The minimum atomic E-state index is -4.33. The topological polar surface area (TPSA) is 12.0 Å². The summed E-state index contributed by atoms with van der Waals surface area (Å²) >= 11 is 0. The number of alkyl halides is 3. The predicted molar refractivity (Wildman–Crippen MR) is 77.2 cm³/mol. The molecule has 1 fully saturated rings. The highest BCUT2D eigenvalue weighted by molar-refractivity contribution is 5.53. The van der Waals surface area contributed by atoms with Crippen LogP contribution in [0.1, 0.15) is 35.4 Å². The van der Waals surface area contributed by atoms with Crippen molar-refractivity contribution >= 4 is 5.69 Å². The second-order valence-electron chi connectivity index (χ2n) is 5.37. The van der Waals surface area contributed by atoms with Gasteiger partial charge in [0.15, 0.2) is 0 Å². The van der Waals surface area contributed by atoms with Crippen molar-refractivity contribution in [1.29, 1.82) is 0 Å².